The number of hydrogen-bond acceptors (Lipinski definition) is 4. The zero-order chi connectivity index (χ0) is 15.0. The van der Waals surface area contributed by atoms with Gasteiger partial charge < -0.3 is 21.7 Å². The molecule has 20 heavy (non-hydrogen) atoms. The fourth-order valence-corrected chi connectivity index (χ4v) is 2.38. The van der Waals surface area contributed by atoms with E-state index in [0.29, 0.717) is 12.1 Å². The number of nitrogens with two attached hydrogens (primary N) is 2. The largest absolute Gasteiger partial charge is 0.480 e. The first-order valence-electron chi connectivity index (χ1n) is 5.90. The summed E-state index contributed by atoms with van der Waals surface area (Å²) >= 11 is 9.47. The van der Waals surface area contributed by atoms with E-state index in [0.717, 1.165) is 11.8 Å². The van der Waals surface area contributed by atoms with Gasteiger partial charge in [-0.3, -0.25) is 9.59 Å². The zero-order valence-corrected chi connectivity index (χ0v) is 14.6. The van der Waals surface area contributed by atoms with Crippen LogP contribution in [0.25, 0.3) is 0 Å². The van der Waals surface area contributed by atoms with Gasteiger partial charge in [-0.1, -0.05) is 0 Å². The quantitative estimate of drug-likeness (QED) is 0.405. The number of carboxylic acids is 2. The molecule has 6 nitrogen and oxygen atoms in total. The number of fused-ring (bicyclic) bond motifs is 2. The molecule has 0 amide bonds. The third-order valence-electron chi connectivity index (χ3n) is 3.28. The molecule has 0 heterocycles. The Labute approximate surface area is 142 Å². The second-order valence-corrected chi connectivity index (χ2v) is 5.08. The van der Waals surface area contributed by atoms with Crippen molar-refractivity contribution < 1.29 is 40.9 Å². The standard InChI is InChI=1S/C7H14N2.2C2H3ClO2.Pt/c8-6-4-1-2-5(3-4)7(6)9;2*3-1-2(4)5;/h4-7H,1-3,8-9H2;2*1H2,(H,4,5);/t4-,5+,6?,7?;;;. The second-order valence-electron chi connectivity index (χ2n) is 4.54. The molecule has 0 aliphatic heterocycles. The van der Waals surface area contributed by atoms with Gasteiger partial charge in [0, 0.05) is 33.1 Å². The van der Waals surface area contributed by atoms with E-state index in [1.807, 2.05) is 0 Å². The van der Waals surface area contributed by atoms with Crippen LogP contribution in [0.4, 0.5) is 0 Å². The van der Waals surface area contributed by atoms with E-state index in [9.17, 15) is 9.59 Å². The molecule has 2 aliphatic rings. The van der Waals surface area contributed by atoms with E-state index in [2.05, 4.69) is 0 Å². The van der Waals surface area contributed by atoms with Gasteiger partial charge in [-0.2, -0.15) is 0 Å². The zero-order valence-electron chi connectivity index (χ0n) is 10.8. The maximum Gasteiger partial charge on any atom is 0.318 e. The SMILES string of the molecule is NC1C(N)[C@H]2CC[C@@H]1C2.O=C(O)CCl.O=C(O)CCl.[Pt]. The molecule has 4 atom stereocenters. The van der Waals surface area contributed by atoms with Gasteiger partial charge >= 0.3 is 11.9 Å². The first-order chi connectivity index (χ1) is 8.83. The van der Waals surface area contributed by atoms with Gasteiger partial charge in [-0.15, -0.1) is 23.2 Å². The summed E-state index contributed by atoms with van der Waals surface area (Å²) < 4.78 is 0. The average molecular weight is 510 g/mol. The average Bonchev–Trinajstić information content (AvgIpc) is 2.95. The van der Waals surface area contributed by atoms with Crippen LogP contribution in [0.15, 0.2) is 0 Å². The van der Waals surface area contributed by atoms with E-state index in [1.165, 1.54) is 19.3 Å². The van der Waals surface area contributed by atoms with E-state index >= 15 is 0 Å². The minimum absolute atomic E-state index is 0. The molecule has 9 heteroatoms. The summed E-state index contributed by atoms with van der Waals surface area (Å²) in [6.07, 6.45) is 3.97. The summed E-state index contributed by atoms with van der Waals surface area (Å²) in [4.78, 5) is 18.5. The van der Waals surface area contributed by atoms with E-state index in [1.54, 1.807) is 0 Å². The molecule has 0 aromatic carbocycles. The fourth-order valence-electron chi connectivity index (χ4n) is 2.38. The molecule has 0 saturated heterocycles. The molecule has 122 valence electrons. The van der Waals surface area contributed by atoms with Crippen LogP contribution < -0.4 is 11.5 Å². The van der Waals surface area contributed by atoms with Crippen molar-refractivity contribution in [1.82, 2.24) is 0 Å². The number of rotatable bonds is 2. The summed E-state index contributed by atoms with van der Waals surface area (Å²) in [6.45, 7) is 0. The van der Waals surface area contributed by atoms with Crippen LogP contribution >= 0.6 is 23.2 Å². The Morgan fingerprint density at radius 3 is 1.30 bits per heavy atom. The molecular formula is C11H20Cl2N2O4Pt. The Kier molecular flexibility index (Phi) is 13.2. The van der Waals surface area contributed by atoms with E-state index in [-0.39, 0.29) is 32.8 Å². The molecule has 6 N–H and O–H groups in total. The summed E-state index contributed by atoms with van der Waals surface area (Å²) in [5.41, 5.74) is 11.7. The molecule has 2 fully saturated rings. The third kappa shape index (κ3) is 8.42. The van der Waals surface area contributed by atoms with Crippen LogP contribution in [-0.4, -0.2) is 46.0 Å². The Morgan fingerprint density at radius 2 is 1.20 bits per heavy atom. The smallest absolute Gasteiger partial charge is 0.318 e. The summed E-state index contributed by atoms with van der Waals surface area (Å²) in [7, 11) is 0. The minimum atomic E-state index is -0.980. The van der Waals surface area contributed by atoms with Gasteiger partial charge in [0.05, 0.1) is 0 Å². The molecule has 0 aromatic heterocycles. The van der Waals surface area contributed by atoms with Crippen LogP contribution in [0.5, 0.6) is 0 Å². The first-order valence-corrected chi connectivity index (χ1v) is 6.97. The monoisotopic (exact) mass is 509 g/mol. The third-order valence-corrected chi connectivity index (χ3v) is 3.73. The van der Waals surface area contributed by atoms with Crippen molar-refractivity contribution in [1.29, 1.82) is 0 Å². The number of carbonyl (C=O) groups is 2. The first kappa shape index (κ1) is 22.4. The van der Waals surface area contributed by atoms with Gasteiger partial charge in [0.1, 0.15) is 11.8 Å². The predicted molar refractivity (Wildman–Crippen MR) is 73.5 cm³/mol. The second kappa shape index (κ2) is 11.8. The van der Waals surface area contributed by atoms with Crippen molar-refractivity contribution in [3.05, 3.63) is 0 Å². The number of hydrogen-bond donors (Lipinski definition) is 4. The predicted octanol–water partition coefficient (Wildman–Crippen LogP) is 0.688. The topological polar surface area (TPSA) is 127 Å². The Bertz CT molecular complexity index is 278. The van der Waals surface area contributed by atoms with E-state index < -0.39 is 11.9 Å². The van der Waals surface area contributed by atoms with Crippen LogP contribution in [0.1, 0.15) is 19.3 Å². The number of halogens is 2. The minimum Gasteiger partial charge on any atom is -0.480 e. The Morgan fingerprint density at radius 1 is 0.950 bits per heavy atom. The Hall–Kier alpha value is 0.128. The fraction of sp³-hybridized carbons (Fsp3) is 0.818. The van der Waals surface area contributed by atoms with Crippen LogP contribution in [0.3, 0.4) is 0 Å². The number of aliphatic carboxylic acids is 2. The molecule has 0 aromatic rings. The summed E-state index contributed by atoms with van der Waals surface area (Å²) in [5, 5.41) is 15.2. The van der Waals surface area contributed by atoms with Crippen LogP contribution in [-0.2, 0) is 30.7 Å². The van der Waals surface area contributed by atoms with Crippen LogP contribution in [0, 0.1) is 11.8 Å². The van der Waals surface area contributed by atoms with Gasteiger partial charge in [-0.05, 0) is 31.1 Å². The van der Waals surface area contributed by atoms with Gasteiger partial charge in [0.25, 0.3) is 0 Å². The van der Waals surface area contributed by atoms with Crippen molar-refractivity contribution in [2.75, 3.05) is 11.8 Å². The van der Waals surface area contributed by atoms with E-state index in [4.69, 9.17) is 44.9 Å². The molecule has 0 radical (unpaired) electrons. The molecule has 2 saturated carbocycles. The Balaban J connectivity index is 0. The van der Waals surface area contributed by atoms with Crippen molar-refractivity contribution in [2.24, 2.45) is 23.3 Å². The van der Waals surface area contributed by atoms with Crippen molar-refractivity contribution >= 4 is 35.1 Å². The van der Waals surface area contributed by atoms with Crippen molar-refractivity contribution in [3.8, 4) is 0 Å². The summed E-state index contributed by atoms with van der Waals surface area (Å²) in [6, 6.07) is 0.646. The maximum atomic E-state index is 9.24. The van der Waals surface area contributed by atoms with Crippen LogP contribution in [0.2, 0.25) is 0 Å². The van der Waals surface area contributed by atoms with Gasteiger partial charge in [0.2, 0.25) is 0 Å². The maximum absolute atomic E-state index is 9.24. The molecule has 2 unspecified atom stereocenters. The summed E-state index contributed by atoms with van der Waals surface area (Å²) in [5.74, 6) is -1.03. The van der Waals surface area contributed by atoms with Crippen molar-refractivity contribution in [3.63, 3.8) is 0 Å². The number of carboxylic acid groups (broad SMARTS) is 2. The van der Waals surface area contributed by atoms with Gasteiger partial charge in [-0.25, -0.2) is 0 Å². The normalized spacial score (nSPS) is 29.2. The molecule has 2 rings (SSSR count). The number of alkyl halides is 2. The van der Waals surface area contributed by atoms with Gasteiger partial charge in [0.15, 0.2) is 0 Å². The van der Waals surface area contributed by atoms with Crippen molar-refractivity contribution in [2.45, 2.75) is 31.3 Å². The molecule has 0 spiro atoms. The molecular weight excluding hydrogens is 490 g/mol. The molecule has 2 bridgehead atoms. The molecule has 2 aliphatic carbocycles.